The van der Waals surface area contributed by atoms with E-state index < -0.39 is 10.2 Å². The maximum absolute atomic E-state index is 10.2. The van der Waals surface area contributed by atoms with Crippen LogP contribution >= 0.6 is 25.3 Å². The van der Waals surface area contributed by atoms with Crippen molar-refractivity contribution in [2.75, 3.05) is 6.54 Å². The van der Waals surface area contributed by atoms with Crippen molar-refractivity contribution in [2.45, 2.75) is 11.1 Å². The second-order valence-corrected chi connectivity index (χ2v) is 3.20. The number of hydrogen-bond acceptors (Lipinski definition) is 4. The van der Waals surface area contributed by atoms with Crippen LogP contribution in [0.3, 0.4) is 0 Å². The van der Waals surface area contributed by atoms with E-state index in [4.69, 9.17) is 5.11 Å². The highest BCUT2D eigenvalue weighted by molar-refractivity contribution is 8.01. The molecule has 0 aromatic heterocycles. The van der Waals surface area contributed by atoms with Gasteiger partial charge >= 0.3 is 5.97 Å². The summed E-state index contributed by atoms with van der Waals surface area (Å²) in [6, 6.07) is 0. The monoisotopic (exact) mass is 167 g/mol. The maximum atomic E-state index is 10.2. The molecular weight excluding hydrogens is 158 g/mol. The van der Waals surface area contributed by atoms with Crippen LogP contribution in [0.2, 0.25) is 0 Å². The highest BCUT2D eigenvalue weighted by Gasteiger charge is 2.27. The van der Waals surface area contributed by atoms with Gasteiger partial charge in [0.15, 0.2) is 0 Å². The van der Waals surface area contributed by atoms with Crippen LogP contribution < -0.4 is 5.32 Å². The molecule has 0 saturated carbocycles. The van der Waals surface area contributed by atoms with Crippen LogP contribution in [0.4, 0.5) is 0 Å². The standard InChI is InChI=1S/C4H9NO2S2/c1-2-5-4(8,9)3(6)7/h5,8-9H,2H2,1H3,(H,6,7). The number of carboxylic acids is 1. The Bertz CT molecular complexity index is 115. The lowest BCUT2D eigenvalue weighted by molar-refractivity contribution is -0.137. The summed E-state index contributed by atoms with van der Waals surface area (Å²) >= 11 is 7.43. The molecule has 0 heterocycles. The number of carbonyl (C=O) groups is 1. The molecule has 0 spiro atoms. The van der Waals surface area contributed by atoms with E-state index in [9.17, 15) is 4.79 Å². The minimum atomic E-state index is -1.39. The zero-order valence-electron chi connectivity index (χ0n) is 4.96. The summed E-state index contributed by atoms with van der Waals surface area (Å²) in [4.78, 5) is 10.2. The van der Waals surface area contributed by atoms with Gasteiger partial charge in [-0.3, -0.25) is 5.32 Å². The van der Waals surface area contributed by atoms with Gasteiger partial charge in [0.1, 0.15) is 0 Å². The summed E-state index contributed by atoms with van der Waals surface area (Å²) in [6.45, 7) is 2.31. The summed E-state index contributed by atoms with van der Waals surface area (Å²) < 4.78 is -1.39. The Labute approximate surface area is 64.6 Å². The fourth-order valence-corrected chi connectivity index (χ4v) is 0.638. The van der Waals surface area contributed by atoms with Crippen molar-refractivity contribution in [1.82, 2.24) is 5.32 Å². The smallest absolute Gasteiger partial charge is 0.344 e. The Balaban J connectivity index is 3.85. The summed E-state index contributed by atoms with van der Waals surface area (Å²) in [5, 5.41) is 10.9. The lowest BCUT2D eigenvalue weighted by atomic mass is 10.6. The number of aliphatic carboxylic acids is 1. The molecule has 0 aliphatic carbocycles. The van der Waals surface area contributed by atoms with Crippen LogP contribution in [0.5, 0.6) is 0 Å². The van der Waals surface area contributed by atoms with E-state index in [1.54, 1.807) is 6.92 Å². The molecule has 9 heavy (non-hydrogen) atoms. The second kappa shape index (κ2) is 3.34. The lowest BCUT2D eigenvalue weighted by Gasteiger charge is -2.16. The van der Waals surface area contributed by atoms with Gasteiger partial charge in [-0.05, 0) is 6.54 Å². The van der Waals surface area contributed by atoms with Crippen molar-refractivity contribution in [2.24, 2.45) is 0 Å². The molecule has 0 radical (unpaired) electrons. The molecule has 5 heteroatoms. The third-order valence-corrected chi connectivity index (χ3v) is 1.42. The van der Waals surface area contributed by atoms with Crippen molar-refractivity contribution in [1.29, 1.82) is 0 Å². The predicted molar refractivity (Wildman–Crippen MR) is 42.0 cm³/mol. The highest BCUT2D eigenvalue weighted by Crippen LogP contribution is 2.14. The first-order valence-corrected chi connectivity index (χ1v) is 3.33. The first-order chi connectivity index (χ1) is 4.00. The number of thiol groups is 2. The van der Waals surface area contributed by atoms with E-state index in [1.807, 2.05) is 0 Å². The minimum absolute atomic E-state index is 0.527. The van der Waals surface area contributed by atoms with E-state index in [1.165, 1.54) is 0 Å². The Morgan fingerprint density at radius 2 is 2.22 bits per heavy atom. The van der Waals surface area contributed by atoms with E-state index >= 15 is 0 Å². The first-order valence-electron chi connectivity index (χ1n) is 2.44. The Morgan fingerprint density at radius 1 is 1.78 bits per heavy atom. The topological polar surface area (TPSA) is 49.3 Å². The van der Waals surface area contributed by atoms with Crippen LogP contribution in [-0.4, -0.2) is 21.8 Å². The molecule has 0 rings (SSSR count). The molecule has 0 amide bonds. The number of rotatable bonds is 3. The maximum Gasteiger partial charge on any atom is 0.344 e. The lowest BCUT2D eigenvalue weighted by Crippen LogP contribution is -2.41. The van der Waals surface area contributed by atoms with Crippen LogP contribution in [0.1, 0.15) is 6.92 Å². The SMILES string of the molecule is CCNC(S)(S)C(=O)O. The number of likely N-dealkylation sites (N-methyl/N-ethyl adjacent to an activating group) is 1. The molecule has 2 N–H and O–H groups in total. The summed E-state index contributed by atoms with van der Waals surface area (Å²) in [6.07, 6.45) is 0. The third-order valence-electron chi connectivity index (χ3n) is 0.721. The molecule has 0 atom stereocenters. The molecule has 0 fully saturated rings. The number of hydrogen-bond donors (Lipinski definition) is 4. The van der Waals surface area contributed by atoms with Gasteiger partial charge in [-0.2, -0.15) is 0 Å². The van der Waals surface area contributed by atoms with Crippen LogP contribution in [0, 0.1) is 0 Å². The summed E-state index contributed by atoms with van der Waals surface area (Å²) in [5.41, 5.74) is 0. The second-order valence-electron chi connectivity index (χ2n) is 1.51. The van der Waals surface area contributed by atoms with Gasteiger partial charge < -0.3 is 5.11 Å². The normalized spacial score (nSPS) is 11.4. The van der Waals surface area contributed by atoms with E-state index in [0.717, 1.165) is 0 Å². The molecule has 0 bridgehead atoms. The molecule has 0 aromatic rings. The van der Waals surface area contributed by atoms with Crippen LogP contribution in [-0.2, 0) is 4.79 Å². The van der Waals surface area contributed by atoms with E-state index in [-0.39, 0.29) is 0 Å². The Kier molecular flexibility index (Phi) is 3.38. The fraction of sp³-hybridized carbons (Fsp3) is 0.750. The molecule has 0 aromatic carbocycles. The van der Waals surface area contributed by atoms with Gasteiger partial charge in [0, 0.05) is 0 Å². The Morgan fingerprint density at radius 3 is 2.33 bits per heavy atom. The van der Waals surface area contributed by atoms with Gasteiger partial charge in [-0.1, -0.05) is 6.92 Å². The van der Waals surface area contributed by atoms with Gasteiger partial charge in [-0.15, -0.1) is 25.3 Å². The predicted octanol–water partition coefficient (Wildman–Crippen LogP) is 0.194. The number of nitrogens with one attached hydrogen (secondary N) is 1. The molecule has 0 saturated heterocycles. The molecule has 54 valence electrons. The van der Waals surface area contributed by atoms with Gasteiger partial charge in [0.2, 0.25) is 4.20 Å². The quantitative estimate of drug-likeness (QED) is 0.358. The average Bonchev–Trinajstić information content (AvgIpc) is 1.65. The average molecular weight is 167 g/mol. The van der Waals surface area contributed by atoms with Gasteiger partial charge in [-0.25, -0.2) is 4.79 Å². The van der Waals surface area contributed by atoms with Gasteiger partial charge in [0.05, 0.1) is 0 Å². The zero-order valence-corrected chi connectivity index (χ0v) is 6.75. The van der Waals surface area contributed by atoms with Crippen molar-refractivity contribution in [3.63, 3.8) is 0 Å². The Hall–Kier alpha value is 0.130. The summed E-state index contributed by atoms with van der Waals surface area (Å²) in [5.74, 6) is -1.09. The minimum Gasteiger partial charge on any atom is -0.479 e. The van der Waals surface area contributed by atoms with E-state index in [2.05, 4.69) is 30.6 Å². The zero-order chi connectivity index (χ0) is 7.49. The largest absolute Gasteiger partial charge is 0.479 e. The molecular formula is C4H9NO2S2. The molecule has 0 unspecified atom stereocenters. The molecule has 3 nitrogen and oxygen atoms in total. The molecule has 0 aliphatic rings. The number of carboxylic acid groups (broad SMARTS) is 1. The van der Waals surface area contributed by atoms with Crippen molar-refractivity contribution < 1.29 is 9.90 Å². The van der Waals surface area contributed by atoms with Crippen LogP contribution in [0.25, 0.3) is 0 Å². The molecule has 0 aliphatic heterocycles. The first kappa shape index (κ1) is 9.13. The van der Waals surface area contributed by atoms with Gasteiger partial charge in [0.25, 0.3) is 0 Å². The van der Waals surface area contributed by atoms with Crippen molar-refractivity contribution >= 4 is 31.2 Å². The van der Waals surface area contributed by atoms with E-state index in [0.29, 0.717) is 6.54 Å². The highest BCUT2D eigenvalue weighted by atomic mass is 32.2. The van der Waals surface area contributed by atoms with Crippen molar-refractivity contribution in [3.8, 4) is 0 Å². The van der Waals surface area contributed by atoms with Crippen LogP contribution in [0.15, 0.2) is 0 Å². The summed E-state index contributed by atoms with van der Waals surface area (Å²) in [7, 11) is 0. The fourth-order valence-electron chi connectivity index (χ4n) is 0.322. The van der Waals surface area contributed by atoms with Crippen molar-refractivity contribution in [3.05, 3.63) is 0 Å². The third kappa shape index (κ3) is 2.98.